The van der Waals surface area contributed by atoms with Crippen LogP contribution in [0.3, 0.4) is 0 Å². The Balaban J connectivity index is 1.89. The summed E-state index contributed by atoms with van der Waals surface area (Å²) in [6, 6.07) is 0. The van der Waals surface area contributed by atoms with Crippen LogP contribution in [-0.2, 0) is 14.4 Å². The van der Waals surface area contributed by atoms with Gasteiger partial charge in [0.1, 0.15) is 11.4 Å². The van der Waals surface area contributed by atoms with E-state index in [4.69, 9.17) is 9.62 Å². The van der Waals surface area contributed by atoms with E-state index >= 15 is 0 Å². The van der Waals surface area contributed by atoms with Crippen LogP contribution in [0.1, 0.15) is 79.1 Å². The van der Waals surface area contributed by atoms with Gasteiger partial charge in [-0.3, -0.25) is 10.1 Å². The molecule has 0 aromatic carbocycles. The van der Waals surface area contributed by atoms with Gasteiger partial charge in [0, 0.05) is 12.8 Å². The zero-order valence-corrected chi connectivity index (χ0v) is 16.4. The Labute approximate surface area is 152 Å². The molecule has 0 aromatic rings. The highest BCUT2D eigenvalue weighted by atomic mass is 17.1. The van der Waals surface area contributed by atoms with Crippen LogP contribution in [0.15, 0.2) is 0 Å². The number of ether oxygens (including phenoxy) is 1. The molecule has 0 amide bonds. The van der Waals surface area contributed by atoms with Crippen LogP contribution in [0.25, 0.3) is 0 Å². The number of rotatable bonds is 5. The first-order chi connectivity index (χ1) is 11.9. The lowest BCUT2D eigenvalue weighted by molar-refractivity contribution is -0.401. The third-order valence-corrected chi connectivity index (χ3v) is 7.80. The summed E-state index contributed by atoms with van der Waals surface area (Å²) < 4.78 is 6.44. The summed E-state index contributed by atoms with van der Waals surface area (Å²) >= 11 is 0. The van der Waals surface area contributed by atoms with Crippen molar-refractivity contribution in [3.05, 3.63) is 0 Å². The van der Waals surface area contributed by atoms with E-state index in [0.29, 0.717) is 48.2 Å². The zero-order chi connectivity index (χ0) is 18.2. The molecular formula is C21H36O4. The molecule has 144 valence electrons. The minimum absolute atomic E-state index is 0.0503. The number of hydrogen-bond donors (Lipinski definition) is 1. The fourth-order valence-electron chi connectivity index (χ4n) is 6.28. The van der Waals surface area contributed by atoms with Gasteiger partial charge in [0.25, 0.3) is 0 Å². The van der Waals surface area contributed by atoms with Crippen molar-refractivity contribution in [2.75, 3.05) is 0 Å². The van der Waals surface area contributed by atoms with Crippen molar-refractivity contribution >= 4 is 5.78 Å². The SMILES string of the molecule is CCC(=O)CCC1CC2OC(C)CCC3C(C)CCC(C1C)C23OO. The summed E-state index contributed by atoms with van der Waals surface area (Å²) in [5.74, 6) is 2.54. The second kappa shape index (κ2) is 7.66. The normalized spacial score (nSPS) is 47.0. The Bertz CT molecular complexity index is 479. The highest BCUT2D eigenvalue weighted by Gasteiger charge is 2.63. The molecule has 1 saturated heterocycles. The molecule has 1 N–H and O–H groups in total. The average Bonchev–Trinajstić information content (AvgIpc) is 2.75. The molecule has 3 rings (SSSR count). The molecule has 3 aliphatic rings. The molecular weight excluding hydrogens is 316 g/mol. The number of hydrogen-bond acceptors (Lipinski definition) is 4. The minimum atomic E-state index is -0.549. The number of ketones is 1. The van der Waals surface area contributed by atoms with E-state index in [2.05, 4.69) is 20.8 Å². The van der Waals surface area contributed by atoms with E-state index in [1.54, 1.807) is 0 Å². The van der Waals surface area contributed by atoms with Crippen molar-refractivity contribution in [2.24, 2.45) is 29.6 Å². The van der Waals surface area contributed by atoms with E-state index in [0.717, 1.165) is 32.1 Å². The second-order valence-corrected chi connectivity index (χ2v) is 9.01. The van der Waals surface area contributed by atoms with Crippen LogP contribution in [0.5, 0.6) is 0 Å². The summed E-state index contributed by atoms with van der Waals surface area (Å²) in [4.78, 5) is 17.3. The fourth-order valence-corrected chi connectivity index (χ4v) is 6.28. The molecule has 25 heavy (non-hydrogen) atoms. The Morgan fingerprint density at radius 3 is 2.56 bits per heavy atom. The van der Waals surface area contributed by atoms with Crippen LogP contribution in [-0.4, -0.2) is 28.8 Å². The summed E-state index contributed by atoms with van der Waals surface area (Å²) in [5, 5.41) is 10.1. The van der Waals surface area contributed by atoms with E-state index in [9.17, 15) is 10.1 Å². The van der Waals surface area contributed by atoms with E-state index in [1.165, 1.54) is 6.42 Å². The van der Waals surface area contributed by atoms with E-state index in [-0.39, 0.29) is 12.2 Å². The summed E-state index contributed by atoms with van der Waals surface area (Å²) in [6.07, 6.45) is 7.71. The predicted molar refractivity (Wildman–Crippen MR) is 97.2 cm³/mol. The number of carbonyl (C=O) groups is 1. The predicted octanol–water partition coefficient (Wildman–Crippen LogP) is 4.86. The summed E-state index contributed by atoms with van der Waals surface area (Å²) in [7, 11) is 0. The maximum atomic E-state index is 11.8. The van der Waals surface area contributed by atoms with Crippen molar-refractivity contribution < 1.29 is 19.7 Å². The van der Waals surface area contributed by atoms with Crippen molar-refractivity contribution in [1.82, 2.24) is 0 Å². The smallest absolute Gasteiger partial charge is 0.135 e. The lowest BCUT2D eigenvalue weighted by Gasteiger charge is -2.58. The van der Waals surface area contributed by atoms with Crippen LogP contribution in [0, 0.1) is 29.6 Å². The molecule has 2 aliphatic carbocycles. The second-order valence-electron chi connectivity index (χ2n) is 9.01. The van der Waals surface area contributed by atoms with Gasteiger partial charge in [0.15, 0.2) is 0 Å². The summed E-state index contributed by atoms with van der Waals surface area (Å²) in [5.41, 5.74) is -0.549. The van der Waals surface area contributed by atoms with E-state index < -0.39 is 5.60 Å². The van der Waals surface area contributed by atoms with Crippen LogP contribution >= 0.6 is 0 Å². The van der Waals surface area contributed by atoms with Gasteiger partial charge in [-0.2, -0.15) is 0 Å². The first kappa shape index (κ1) is 19.3. The Kier molecular flexibility index (Phi) is 5.92. The fraction of sp³-hybridized carbons (Fsp3) is 0.952. The van der Waals surface area contributed by atoms with Crippen molar-refractivity contribution in [3.63, 3.8) is 0 Å². The average molecular weight is 353 g/mol. The molecule has 4 nitrogen and oxygen atoms in total. The van der Waals surface area contributed by atoms with Crippen molar-refractivity contribution in [2.45, 2.75) is 96.9 Å². The van der Waals surface area contributed by atoms with Crippen LogP contribution in [0.4, 0.5) is 0 Å². The van der Waals surface area contributed by atoms with Gasteiger partial charge in [-0.25, -0.2) is 4.89 Å². The summed E-state index contributed by atoms with van der Waals surface area (Å²) in [6.45, 7) is 8.71. The highest BCUT2D eigenvalue weighted by molar-refractivity contribution is 5.77. The Morgan fingerprint density at radius 2 is 1.88 bits per heavy atom. The molecule has 8 atom stereocenters. The van der Waals surface area contributed by atoms with Gasteiger partial charge in [0.05, 0.1) is 12.2 Å². The Morgan fingerprint density at radius 1 is 1.16 bits per heavy atom. The first-order valence-electron chi connectivity index (χ1n) is 10.4. The van der Waals surface area contributed by atoms with Gasteiger partial charge in [0.2, 0.25) is 0 Å². The molecule has 8 unspecified atom stereocenters. The van der Waals surface area contributed by atoms with Gasteiger partial charge in [-0.15, -0.1) is 0 Å². The van der Waals surface area contributed by atoms with Gasteiger partial charge in [-0.05, 0) is 75.0 Å². The maximum Gasteiger partial charge on any atom is 0.135 e. The largest absolute Gasteiger partial charge is 0.372 e. The third kappa shape index (κ3) is 3.30. The van der Waals surface area contributed by atoms with Crippen LogP contribution in [0.2, 0.25) is 0 Å². The van der Waals surface area contributed by atoms with E-state index in [1.807, 2.05) is 6.92 Å². The van der Waals surface area contributed by atoms with Gasteiger partial charge >= 0.3 is 0 Å². The van der Waals surface area contributed by atoms with Crippen molar-refractivity contribution in [1.29, 1.82) is 0 Å². The molecule has 0 radical (unpaired) electrons. The minimum Gasteiger partial charge on any atom is -0.372 e. The highest BCUT2D eigenvalue weighted by Crippen LogP contribution is 2.58. The van der Waals surface area contributed by atoms with Crippen LogP contribution < -0.4 is 0 Å². The molecule has 1 aliphatic heterocycles. The molecule has 1 heterocycles. The standard InChI is InChI=1S/C21H36O4/c1-5-17(22)9-8-16-12-20-21(25-23)18(11-7-14(3)24-20)13(2)6-10-19(21)15(16)4/h13-16,18-20,23H,5-12H2,1-4H3. The molecule has 0 aromatic heterocycles. The topological polar surface area (TPSA) is 55.8 Å². The number of carbonyl (C=O) groups excluding carboxylic acids is 1. The molecule has 0 bridgehead atoms. The lowest BCUT2D eigenvalue weighted by Crippen LogP contribution is -2.65. The Hall–Kier alpha value is -0.450. The first-order valence-corrected chi connectivity index (χ1v) is 10.4. The van der Waals surface area contributed by atoms with Gasteiger partial charge in [-0.1, -0.05) is 20.8 Å². The molecule has 2 saturated carbocycles. The molecule has 0 spiro atoms. The maximum absolute atomic E-state index is 11.8. The molecule has 4 heteroatoms. The quantitative estimate of drug-likeness (QED) is 0.567. The number of Topliss-reactive ketones (excluding diaryl/α,β-unsaturated/α-hetero) is 1. The van der Waals surface area contributed by atoms with Gasteiger partial charge < -0.3 is 4.74 Å². The zero-order valence-electron chi connectivity index (χ0n) is 16.4. The third-order valence-electron chi connectivity index (χ3n) is 7.80. The molecule has 3 fully saturated rings. The lowest BCUT2D eigenvalue weighted by atomic mass is 9.51. The van der Waals surface area contributed by atoms with Crippen molar-refractivity contribution in [3.8, 4) is 0 Å². The monoisotopic (exact) mass is 352 g/mol.